The van der Waals surface area contributed by atoms with Gasteiger partial charge in [-0.25, -0.2) is 4.79 Å². The average Bonchev–Trinajstić information content (AvgIpc) is 3.13. The van der Waals surface area contributed by atoms with Crippen LogP contribution in [0.15, 0.2) is 28.7 Å². The van der Waals surface area contributed by atoms with Crippen LogP contribution >= 0.6 is 0 Å². The van der Waals surface area contributed by atoms with Gasteiger partial charge < -0.3 is 14.5 Å². The van der Waals surface area contributed by atoms with E-state index in [2.05, 4.69) is 51.2 Å². The van der Waals surface area contributed by atoms with Crippen molar-refractivity contribution in [2.75, 3.05) is 13.2 Å². The highest BCUT2D eigenvalue weighted by molar-refractivity contribution is 5.92. The van der Waals surface area contributed by atoms with Gasteiger partial charge in [0.2, 0.25) is 0 Å². The molecule has 4 rings (SSSR count). The highest BCUT2D eigenvalue weighted by Gasteiger charge is 2.51. The number of hydrogen-bond acceptors (Lipinski definition) is 4. The van der Waals surface area contributed by atoms with Gasteiger partial charge in [0.25, 0.3) is 5.91 Å². The number of carbonyl (C=O) groups is 2. The second-order valence-electron chi connectivity index (χ2n) is 11.3. The van der Waals surface area contributed by atoms with Crippen LogP contribution < -0.4 is 5.32 Å². The number of esters is 1. The highest BCUT2D eigenvalue weighted by Crippen LogP contribution is 2.57. The van der Waals surface area contributed by atoms with Crippen LogP contribution in [0.25, 0.3) is 0 Å². The Balaban J connectivity index is 1.41. The van der Waals surface area contributed by atoms with Gasteiger partial charge >= 0.3 is 5.97 Å². The topological polar surface area (TPSA) is 68.5 Å². The van der Waals surface area contributed by atoms with Gasteiger partial charge in [0.1, 0.15) is 17.1 Å². The van der Waals surface area contributed by atoms with Crippen molar-refractivity contribution in [1.82, 2.24) is 5.32 Å². The zero-order chi connectivity index (χ0) is 24.7. The molecule has 5 nitrogen and oxygen atoms in total. The molecule has 34 heavy (non-hydrogen) atoms. The molecule has 0 spiro atoms. The number of nitrogens with one attached hydrogen (secondary N) is 1. The summed E-state index contributed by atoms with van der Waals surface area (Å²) in [5.41, 5.74) is 4.95. The number of hydrogen-bond donors (Lipinski definition) is 1. The van der Waals surface area contributed by atoms with Crippen LogP contribution in [0.4, 0.5) is 0 Å². The minimum atomic E-state index is -0.523. The third-order valence-corrected chi connectivity index (χ3v) is 8.45. The van der Waals surface area contributed by atoms with Crippen LogP contribution in [0.3, 0.4) is 0 Å². The van der Waals surface area contributed by atoms with Gasteiger partial charge in [-0.05, 0) is 85.0 Å². The van der Waals surface area contributed by atoms with Gasteiger partial charge in [0.15, 0.2) is 6.61 Å². The Morgan fingerprint density at radius 1 is 1.18 bits per heavy atom. The predicted octanol–water partition coefficient (Wildman–Crippen LogP) is 6.00. The maximum Gasteiger partial charge on any atom is 0.342 e. The lowest BCUT2D eigenvalue weighted by Crippen LogP contribution is -2.53. The van der Waals surface area contributed by atoms with Crippen LogP contribution in [0.5, 0.6) is 0 Å². The summed E-state index contributed by atoms with van der Waals surface area (Å²) in [6, 6.07) is 8.75. The Labute approximate surface area is 203 Å². The summed E-state index contributed by atoms with van der Waals surface area (Å²) in [6.07, 6.45) is 5.68. The second-order valence-corrected chi connectivity index (χ2v) is 11.3. The van der Waals surface area contributed by atoms with Crippen LogP contribution in [-0.2, 0) is 21.4 Å². The van der Waals surface area contributed by atoms with Crippen LogP contribution in [0.1, 0.15) is 97.9 Å². The molecule has 1 aromatic carbocycles. The van der Waals surface area contributed by atoms with Crippen molar-refractivity contribution in [3.8, 4) is 0 Å². The molecule has 1 aromatic heterocycles. The van der Waals surface area contributed by atoms with E-state index in [9.17, 15) is 9.59 Å². The maximum absolute atomic E-state index is 12.6. The lowest BCUT2D eigenvalue weighted by atomic mass is 9.49. The molecular formula is C29H39NO4. The molecule has 2 aliphatic rings. The van der Waals surface area contributed by atoms with Crippen molar-refractivity contribution < 1.29 is 18.7 Å². The van der Waals surface area contributed by atoms with E-state index in [0.29, 0.717) is 35.5 Å². The van der Waals surface area contributed by atoms with Gasteiger partial charge in [-0.15, -0.1) is 0 Å². The third-order valence-electron chi connectivity index (χ3n) is 8.45. The van der Waals surface area contributed by atoms with Crippen molar-refractivity contribution >= 4 is 11.9 Å². The van der Waals surface area contributed by atoms with Crippen LogP contribution in [0, 0.1) is 25.2 Å². The van der Waals surface area contributed by atoms with Crippen molar-refractivity contribution in [3.63, 3.8) is 0 Å². The highest BCUT2D eigenvalue weighted by atomic mass is 16.5. The average molecular weight is 466 g/mol. The predicted molar refractivity (Wildman–Crippen MR) is 133 cm³/mol. The van der Waals surface area contributed by atoms with Gasteiger partial charge in [0.05, 0.1) is 0 Å². The zero-order valence-corrected chi connectivity index (χ0v) is 21.5. The second kappa shape index (κ2) is 9.24. The van der Waals surface area contributed by atoms with Crippen molar-refractivity contribution in [2.45, 2.75) is 85.0 Å². The largest absolute Gasteiger partial charge is 0.466 e. The summed E-state index contributed by atoms with van der Waals surface area (Å²) in [6.45, 7) is 13.1. The molecule has 2 aromatic rings. The number of rotatable bonds is 6. The zero-order valence-electron chi connectivity index (χ0n) is 21.5. The van der Waals surface area contributed by atoms with E-state index in [1.54, 1.807) is 19.9 Å². The van der Waals surface area contributed by atoms with Crippen LogP contribution in [-0.4, -0.2) is 25.0 Å². The third kappa shape index (κ3) is 4.54. The van der Waals surface area contributed by atoms with Crippen LogP contribution in [0.2, 0.25) is 0 Å². The Hall–Kier alpha value is -2.56. The van der Waals surface area contributed by atoms with Gasteiger partial charge in [-0.1, -0.05) is 52.3 Å². The number of ether oxygens (including phenoxy) is 1. The number of amides is 1. The van der Waals surface area contributed by atoms with Gasteiger partial charge in [0, 0.05) is 6.54 Å². The van der Waals surface area contributed by atoms with Crippen molar-refractivity contribution in [2.24, 2.45) is 11.3 Å². The fourth-order valence-corrected chi connectivity index (χ4v) is 6.61. The van der Waals surface area contributed by atoms with Gasteiger partial charge in [-0.3, -0.25) is 4.79 Å². The fraction of sp³-hybridized carbons (Fsp3) is 0.586. The van der Waals surface area contributed by atoms with E-state index in [-0.39, 0.29) is 23.3 Å². The molecule has 184 valence electrons. The molecule has 1 heterocycles. The lowest BCUT2D eigenvalue weighted by Gasteiger charge is -2.55. The van der Waals surface area contributed by atoms with Gasteiger partial charge in [-0.2, -0.15) is 0 Å². The molecule has 1 N–H and O–H groups in total. The standard InChI is InChI=1S/C29H39NO4/c1-18(2)21-8-10-24-22(15-21)9-11-25-28(5,12-7-13-29(24,25)6)17-30-26(31)16-33-27(32)23-14-19(3)34-20(23)4/h8,10,14-15,18,25H,7,9,11-13,16-17H2,1-6H3,(H,30,31). The number of benzene rings is 1. The summed E-state index contributed by atoms with van der Waals surface area (Å²) in [4.78, 5) is 24.9. The molecule has 0 bridgehead atoms. The Morgan fingerprint density at radius 2 is 1.94 bits per heavy atom. The molecule has 1 amide bonds. The normalized spacial score (nSPS) is 26.0. The maximum atomic E-state index is 12.6. The summed E-state index contributed by atoms with van der Waals surface area (Å²) < 4.78 is 10.6. The molecule has 5 heteroatoms. The SMILES string of the molecule is Cc1cc(C(=O)OCC(=O)NCC2(C)CCCC3(C)c4ccc(C(C)C)cc4CCC23)c(C)o1. The summed E-state index contributed by atoms with van der Waals surface area (Å²) >= 11 is 0. The minimum absolute atomic E-state index is 0.0132. The minimum Gasteiger partial charge on any atom is -0.466 e. The molecule has 0 aliphatic heterocycles. The first-order valence-electron chi connectivity index (χ1n) is 12.7. The summed E-state index contributed by atoms with van der Waals surface area (Å²) in [5, 5.41) is 3.08. The molecular weight excluding hydrogens is 426 g/mol. The van der Waals surface area contributed by atoms with E-state index >= 15 is 0 Å². The van der Waals surface area contributed by atoms with E-state index in [1.165, 1.54) is 23.1 Å². The lowest BCUT2D eigenvalue weighted by molar-refractivity contribution is -0.125. The molecule has 0 radical (unpaired) electrons. The molecule has 1 saturated carbocycles. The fourth-order valence-electron chi connectivity index (χ4n) is 6.61. The number of furan rings is 1. The Morgan fingerprint density at radius 3 is 2.62 bits per heavy atom. The summed E-state index contributed by atoms with van der Waals surface area (Å²) in [7, 11) is 0. The number of aryl methyl sites for hydroxylation is 3. The van der Waals surface area contributed by atoms with Crippen molar-refractivity contribution in [3.05, 3.63) is 58.0 Å². The monoisotopic (exact) mass is 465 g/mol. The first-order chi connectivity index (χ1) is 16.0. The van der Waals surface area contributed by atoms with E-state index < -0.39 is 5.97 Å². The summed E-state index contributed by atoms with van der Waals surface area (Å²) in [5.74, 6) is 1.43. The Kier molecular flexibility index (Phi) is 6.67. The number of carbonyl (C=O) groups excluding carboxylic acids is 2. The quantitative estimate of drug-likeness (QED) is 0.531. The first kappa shape index (κ1) is 24.6. The molecule has 0 saturated heterocycles. The van der Waals surface area contributed by atoms with E-state index in [0.717, 1.165) is 25.7 Å². The smallest absolute Gasteiger partial charge is 0.342 e. The first-order valence-corrected chi connectivity index (χ1v) is 12.7. The van der Waals surface area contributed by atoms with E-state index in [1.807, 2.05) is 0 Å². The number of fused-ring (bicyclic) bond motifs is 3. The molecule has 1 fully saturated rings. The molecule has 2 aliphatic carbocycles. The van der Waals surface area contributed by atoms with E-state index in [4.69, 9.17) is 9.15 Å². The molecule has 3 atom stereocenters. The molecule has 3 unspecified atom stereocenters. The van der Waals surface area contributed by atoms with Crippen molar-refractivity contribution in [1.29, 1.82) is 0 Å². The Bertz CT molecular complexity index is 1080.